The van der Waals surface area contributed by atoms with Crippen molar-refractivity contribution in [2.75, 3.05) is 0 Å². The zero-order chi connectivity index (χ0) is 21.6. The molecular formula is C18H13Br2F3N2O4. The number of benzene rings is 2. The van der Waals surface area contributed by atoms with Crippen LogP contribution in [0.3, 0.4) is 0 Å². The second-order valence-corrected chi connectivity index (χ2v) is 8.14. The molecule has 0 aromatic heterocycles. The fourth-order valence-corrected chi connectivity index (χ4v) is 4.46. The van der Waals surface area contributed by atoms with Crippen molar-refractivity contribution in [2.24, 2.45) is 5.92 Å². The van der Waals surface area contributed by atoms with E-state index >= 15 is 0 Å². The monoisotopic (exact) mass is 536 g/mol. The lowest BCUT2D eigenvalue weighted by Crippen LogP contribution is -2.72. The average molecular weight is 538 g/mol. The Morgan fingerprint density at radius 3 is 2.34 bits per heavy atom. The summed E-state index contributed by atoms with van der Waals surface area (Å²) in [5.74, 6) is -3.77. The maximum Gasteiger partial charge on any atom is 0.437 e. The highest BCUT2D eigenvalue weighted by molar-refractivity contribution is 9.11. The molecule has 0 spiro atoms. The molecule has 0 radical (unpaired) electrons. The first-order valence-corrected chi connectivity index (χ1v) is 9.69. The number of hydrogen-bond donors (Lipinski definition) is 4. The molecule has 3 atom stereocenters. The molecule has 11 heteroatoms. The first kappa shape index (κ1) is 21.6. The molecule has 3 rings (SSSR count). The van der Waals surface area contributed by atoms with E-state index < -0.39 is 41.4 Å². The van der Waals surface area contributed by atoms with Crippen LogP contribution in [0.15, 0.2) is 51.4 Å². The molecule has 1 saturated heterocycles. The van der Waals surface area contributed by atoms with Gasteiger partial charge < -0.3 is 20.8 Å². The zero-order valence-corrected chi connectivity index (χ0v) is 17.5. The van der Waals surface area contributed by atoms with Crippen LogP contribution in [0.5, 0.6) is 5.75 Å². The third-order valence-electron chi connectivity index (χ3n) is 4.54. The van der Waals surface area contributed by atoms with Gasteiger partial charge in [-0.15, -0.1) is 0 Å². The second kappa shape index (κ2) is 7.62. The van der Waals surface area contributed by atoms with Crippen molar-refractivity contribution in [1.29, 1.82) is 0 Å². The first-order valence-electron chi connectivity index (χ1n) is 8.10. The number of rotatable bonds is 3. The van der Waals surface area contributed by atoms with Gasteiger partial charge in [0.05, 0.1) is 10.5 Å². The highest BCUT2D eigenvalue weighted by Crippen LogP contribution is 2.47. The summed E-state index contributed by atoms with van der Waals surface area (Å²) in [4.78, 5) is 25.1. The summed E-state index contributed by atoms with van der Waals surface area (Å²) in [6, 6.07) is 6.74. The van der Waals surface area contributed by atoms with Crippen LogP contribution in [-0.2, 0) is 0 Å². The number of alkyl halides is 3. The summed E-state index contributed by atoms with van der Waals surface area (Å²) < 4.78 is 42.0. The zero-order valence-electron chi connectivity index (χ0n) is 14.3. The van der Waals surface area contributed by atoms with Crippen molar-refractivity contribution >= 4 is 43.7 Å². The van der Waals surface area contributed by atoms with E-state index in [1.807, 2.05) is 0 Å². The van der Waals surface area contributed by atoms with Gasteiger partial charge in [-0.2, -0.15) is 13.2 Å². The Hall–Kier alpha value is -2.11. The fourth-order valence-electron chi connectivity index (χ4n) is 3.20. The lowest BCUT2D eigenvalue weighted by Gasteiger charge is -2.45. The number of Topliss-reactive ketones (excluding diaryl/α,β-unsaturated/α-hetero) is 1. The smallest absolute Gasteiger partial charge is 0.437 e. The highest BCUT2D eigenvalue weighted by Gasteiger charge is 2.66. The molecule has 0 saturated carbocycles. The van der Waals surface area contributed by atoms with Crippen LogP contribution in [0.1, 0.15) is 22.0 Å². The maximum atomic E-state index is 13.8. The van der Waals surface area contributed by atoms with Crippen LogP contribution in [-0.4, -0.2) is 33.9 Å². The molecule has 1 aliphatic heterocycles. The van der Waals surface area contributed by atoms with Crippen LogP contribution in [0.2, 0.25) is 0 Å². The molecule has 2 aromatic rings. The van der Waals surface area contributed by atoms with Crippen LogP contribution in [0.25, 0.3) is 0 Å². The van der Waals surface area contributed by atoms with E-state index in [-0.39, 0.29) is 15.6 Å². The van der Waals surface area contributed by atoms with E-state index in [2.05, 4.69) is 37.2 Å². The molecule has 4 N–H and O–H groups in total. The van der Waals surface area contributed by atoms with E-state index in [1.54, 1.807) is 6.07 Å². The third kappa shape index (κ3) is 3.86. The molecule has 1 fully saturated rings. The van der Waals surface area contributed by atoms with Gasteiger partial charge in [-0.25, -0.2) is 4.79 Å². The summed E-state index contributed by atoms with van der Waals surface area (Å²) >= 11 is 6.23. The van der Waals surface area contributed by atoms with E-state index in [9.17, 15) is 33.0 Å². The Bertz CT molecular complexity index is 972. The molecule has 1 heterocycles. The topological polar surface area (TPSA) is 98.7 Å². The number of ketones is 1. The first-order chi connectivity index (χ1) is 13.5. The van der Waals surface area contributed by atoms with Gasteiger partial charge in [0, 0.05) is 15.6 Å². The number of hydrogen-bond acceptors (Lipinski definition) is 4. The van der Waals surface area contributed by atoms with Crippen molar-refractivity contribution < 1.29 is 33.0 Å². The predicted octanol–water partition coefficient (Wildman–Crippen LogP) is 4.02. The summed E-state index contributed by atoms with van der Waals surface area (Å²) in [6.45, 7) is 0. The molecule has 2 amide bonds. The Morgan fingerprint density at radius 1 is 1.14 bits per heavy atom. The van der Waals surface area contributed by atoms with Gasteiger partial charge in [-0.3, -0.25) is 4.79 Å². The van der Waals surface area contributed by atoms with Crippen molar-refractivity contribution in [3.8, 4) is 5.75 Å². The van der Waals surface area contributed by atoms with Crippen LogP contribution in [0.4, 0.5) is 18.0 Å². The number of amides is 2. The van der Waals surface area contributed by atoms with E-state index in [0.29, 0.717) is 4.47 Å². The molecule has 29 heavy (non-hydrogen) atoms. The SMILES string of the molecule is O=C1N[C@H](c2cc(Br)cc(Br)c2O)[C@H](C(=O)c2ccccc2)[C@@](O)(C(F)(F)F)N1. The van der Waals surface area contributed by atoms with Crippen molar-refractivity contribution in [1.82, 2.24) is 10.6 Å². The maximum absolute atomic E-state index is 13.8. The number of urea groups is 1. The Kier molecular flexibility index (Phi) is 5.67. The number of halogens is 5. The Labute approximate surface area is 179 Å². The minimum atomic E-state index is -5.38. The standard InChI is InChI=1S/C18H13Br2F3N2O4/c19-9-6-10(15(27)11(20)7-9)13-12(14(26)8-4-2-1-3-5-8)17(29,18(21,22)23)25-16(28)24-13/h1-7,12-13,27,29H,(H2,24,25,28)/t12-,13-,17-/m1/s1. The minimum absolute atomic E-state index is 0.100. The van der Waals surface area contributed by atoms with Crippen molar-refractivity contribution in [2.45, 2.75) is 17.9 Å². The number of aromatic hydroxyl groups is 1. The van der Waals surface area contributed by atoms with Crippen LogP contribution in [0, 0.1) is 5.92 Å². The van der Waals surface area contributed by atoms with Crippen molar-refractivity contribution in [3.05, 3.63) is 62.5 Å². The highest BCUT2D eigenvalue weighted by atomic mass is 79.9. The number of phenols is 1. The number of carbonyl (C=O) groups excluding carboxylic acids is 2. The van der Waals surface area contributed by atoms with Crippen molar-refractivity contribution in [3.63, 3.8) is 0 Å². The summed E-state index contributed by atoms with van der Waals surface area (Å²) in [5, 5.41) is 24.6. The lowest BCUT2D eigenvalue weighted by atomic mass is 9.77. The molecule has 0 aliphatic carbocycles. The summed E-state index contributed by atoms with van der Waals surface area (Å²) in [5.41, 5.74) is -4.15. The normalized spacial score (nSPS) is 24.6. The predicted molar refractivity (Wildman–Crippen MR) is 103 cm³/mol. The van der Waals surface area contributed by atoms with Crippen LogP contribution < -0.4 is 10.6 Å². The van der Waals surface area contributed by atoms with Gasteiger partial charge in [0.15, 0.2) is 5.78 Å². The molecule has 0 bridgehead atoms. The van der Waals surface area contributed by atoms with Gasteiger partial charge in [0.1, 0.15) is 11.7 Å². The molecule has 1 aliphatic rings. The number of aliphatic hydroxyl groups is 1. The van der Waals surface area contributed by atoms with E-state index in [0.717, 1.165) is 0 Å². The van der Waals surface area contributed by atoms with Gasteiger partial charge >= 0.3 is 12.2 Å². The van der Waals surface area contributed by atoms with E-state index in [4.69, 9.17) is 0 Å². The third-order valence-corrected chi connectivity index (χ3v) is 5.60. The second-order valence-electron chi connectivity index (χ2n) is 6.37. The van der Waals surface area contributed by atoms with Gasteiger partial charge in [0.2, 0.25) is 5.72 Å². The Morgan fingerprint density at radius 2 is 1.76 bits per heavy atom. The number of carbonyl (C=O) groups is 2. The number of nitrogens with one attached hydrogen (secondary N) is 2. The molecular weight excluding hydrogens is 525 g/mol. The molecule has 2 aromatic carbocycles. The quantitative estimate of drug-likeness (QED) is 0.444. The number of phenolic OH excluding ortho intramolecular Hbond substituents is 1. The van der Waals surface area contributed by atoms with Crippen LogP contribution >= 0.6 is 31.9 Å². The molecule has 6 nitrogen and oxygen atoms in total. The van der Waals surface area contributed by atoms with Gasteiger partial charge in [-0.1, -0.05) is 46.3 Å². The van der Waals surface area contributed by atoms with Gasteiger partial charge in [0.25, 0.3) is 0 Å². The lowest BCUT2D eigenvalue weighted by molar-refractivity contribution is -0.287. The Balaban J connectivity index is 2.24. The average Bonchev–Trinajstić information content (AvgIpc) is 2.63. The largest absolute Gasteiger partial charge is 0.506 e. The molecule has 154 valence electrons. The summed E-state index contributed by atoms with van der Waals surface area (Å²) in [7, 11) is 0. The minimum Gasteiger partial charge on any atom is -0.506 e. The molecule has 0 unspecified atom stereocenters. The summed E-state index contributed by atoms with van der Waals surface area (Å²) in [6.07, 6.45) is -5.38. The fraction of sp³-hybridized carbons (Fsp3) is 0.222. The van der Waals surface area contributed by atoms with Gasteiger partial charge in [-0.05, 0) is 28.1 Å². The van der Waals surface area contributed by atoms with E-state index in [1.165, 1.54) is 41.7 Å².